The number of fused-ring (bicyclic) bond motifs is 3. The largest absolute Gasteiger partial charge is 0.361 e. The van der Waals surface area contributed by atoms with Crippen molar-refractivity contribution in [3.05, 3.63) is 113 Å². The molecule has 6 heteroatoms. The van der Waals surface area contributed by atoms with Crippen LogP contribution in [0.1, 0.15) is 40.3 Å². The van der Waals surface area contributed by atoms with E-state index < -0.39 is 5.91 Å². The van der Waals surface area contributed by atoms with Gasteiger partial charge in [0, 0.05) is 54.0 Å². The van der Waals surface area contributed by atoms with Crippen molar-refractivity contribution in [3.8, 4) is 0 Å². The van der Waals surface area contributed by atoms with Crippen LogP contribution in [0.25, 0.3) is 27.9 Å². The smallest absolute Gasteiger partial charge is 0.267 e. The molecule has 3 aromatic carbocycles. The Bertz CT molecular complexity index is 1600. The Morgan fingerprint density at radius 1 is 1.05 bits per heavy atom. The number of rotatable bonds is 8. The van der Waals surface area contributed by atoms with Gasteiger partial charge in [0.25, 0.3) is 5.91 Å². The molecule has 6 rings (SSSR count). The lowest BCUT2D eigenvalue weighted by atomic mass is 10.0. The molecule has 0 saturated heterocycles. The fourth-order valence-electron chi connectivity index (χ4n) is 5.69. The standard InChI is InChI=1S/C31H30N4O2/c36-31(34-37)12-7-21-5-9-27-23(17-21)8-11-30(27)35(20-22-6-10-28-24(18-22)13-15-32-28)16-14-25-19-33-29-4-2-1-3-26(25)29/h1-7,9-10,12-13,15,17-19,30,32-33,37H,8,11,14,16,20H2,(H,34,36)/b12-7+. The fraction of sp³-hybridized carbons (Fsp3) is 0.194. The van der Waals surface area contributed by atoms with Gasteiger partial charge in [-0.3, -0.25) is 14.9 Å². The van der Waals surface area contributed by atoms with Crippen molar-refractivity contribution in [2.75, 3.05) is 6.54 Å². The molecule has 1 atom stereocenters. The fourth-order valence-corrected chi connectivity index (χ4v) is 5.69. The Labute approximate surface area is 215 Å². The highest BCUT2D eigenvalue weighted by Gasteiger charge is 2.28. The lowest BCUT2D eigenvalue weighted by Gasteiger charge is -2.30. The maximum Gasteiger partial charge on any atom is 0.267 e. The molecule has 2 heterocycles. The number of H-pyrrole nitrogens is 2. The number of nitrogens with zero attached hydrogens (tertiary/aromatic N) is 1. The van der Waals surface area contributed by atoms with Crippen LogP contribution in [0.15, 0.2) is 85.2 Å². The zero-order valence-corrected chi connectivity index (χ0v) is 20.6. The summed E-state index contributed by atoms with van der Waals surface area (Å²) in [5.41, 5.74) is 10.3. The second-order valence-corrected chi connectivity index (χ2v) is 9.80. The van der Waals surface area contributed by atoms with Crippen molar-refractivity contribution in [1.29, 1.82) is 0 Å². The topological polar surface area (TPSA) is 84.2 Å². The molecule has 1 unspecified atom stereocenters. The zero-order chi connectivity index (χ0) is 25.2. The molecule has 0 bridgehead atoms. The molecular weight excluding hydrogens is 460 g/mol. The summed E-state index contributed by atoms with van der Waals surface area (Å²) in [6, 6.07) is 24.1. The van der Waals surface area contributed by atoms with Crippen molar-refractivity contribution >= 4 is 33.8 Å². The summed E-state index contributed by atoms with van der Waals surface area (Å²) in [5, 5.41) is 11.3. The van der Waals surface area contributed by atoms with Gasteiger partial charge in [-0.2, -0.15) is 0 Å². The predicted molar refractivity (Wildman–Crippen MR) is 147 cm³/mol. The van der Waals surface area contributed by atoms with Crippen molar-refractivity contribution in [3.63, 3.8) is 0 Å². The second-order valence-electron chi connectivity index (χ2n) is 9.80. The molecule has 0 fully saturated rings. The highest BCUT2D eigenvalue weighted by Crippen LogP contribution is 2.38. The number of para-hydroxylation sites is 1. The van der Waals surface area contributed by atoms with Crippen LogP contribution in [-0.4, -0.2) is 32.5 Å². The molecule has 0 saturated carbocycles. The molecule has 37 heavy (non-hydrogen) atoms. The van der Waals surface area contributed by atoms with Crippen LogP contribution in [-0.2, 0) is 24.2 Å². The van der Waals surface area contributed by atoms with E-state index in [0.29, 0.717) is 6.04 Å². The molecule has 1 aliphatic carbocycles. The first-order valence-corrected chi connectivity index (χ1v) is 12.8. The average Bonchev–Trinajstić information content (AvgIpc) is 3.67. The van der Waals surface area contributed by atoms with Gasteiger partial charge in [0.2, 0.25) is 0 Å². The van der Waals surface area contributed by atoms with Crippen molar-refractivity contribution in [2.24, 2.45) is 0 Å². The number of aromatic amines is 2. The van der Waals surface area contributed by atoms with Crippen LogP contribution in [0, 0.1) is 0 Å². The summed E-state index contributed by atoms with van der Waals surface area (Å²) < 4.78 is 0. The summed E-state index contributed by atoms with van der Waals surface area (Å²) in [6.07, 6.45) is 10.3. The Kier molecular flexibility index (Phi) is 6.35. The van der Waals surface area contributed by atoms with Gasteiger partial charge in [0.1, 0.15) is 0 Å². The highest BCUT2D eigenvalue weighted by atomic mass is 16.5. The Hall–Kier alpha value is -4.13. The van der Waals surface area contributed by atoms with Gasteiger partial charge >= 0.3 is 0 Å². The number of carbonyl (C=O) groups excluding carboxylic acids is 1. The molecule has 5 aromatic rings. The van der Waals surface area contributed by atoms with Crippen LogP contribution in [0.3, 0.4) is 0 Å². The first kappa shape index (κ1) is 23.3. The highest BCUT2D eigenvalue weighted by molar-refractivity contribution is 5.90. The monoisotopic (exact) mass is 490 g/mol. The van der Waals surface area contributed by atoms with Crippen LogP contribution in [0.5, 0.6) is 0 Å². The lowest BCUT2D eigenvalue weighted by Crippen LogP contribution is -2.29. The first-order valence-electron chi connectivity index (χ1n) is 12.8. The maximum absolute atomic E-state index is 11.4. The number of hydroxylamine groups is 1. The number of aromatic nitrogens is 2. The van der Waals surface area contributed by atoms with Gasteiger partial charge in [-0.1, -0.05) is 42.5 Å². The van der Waals surface area contributed by atoms with E-state index in [9.17, 15) is 4.79 Å². The minimum absolute atomic E-state index is 0.334. The molecule has 0 spiro atoms. The number of hydrogen-bond acceptors (Lipinski definition) is 3. The molecule has 4 N–H and O–H groups in total. The summed E-state index contributed by atoms with van der Waals surface area (Å²) in [4.78, 5) is 20.7. The van der Waals surface area contributed by atoms with E-state index in [1.165, 1.54) is 44.6 Å². The summed E-state index contributed by atoms with van der Waals surface area (Å²) >= 11 is 0. The number of hydrogen-bond donors (Lipinski definition) is 4. The van der Waals surface area contributed by atoms with Gasteiger partial charge in [-0.15, -0.1) is 0 Å². The quantitative estimate of drug-likeness (QED) is 0.124. The van der Waals surface area contributed by atoms with Gasteiger partial charge in [-0.25, -0.2) is 5.48 Å². The average molecular weight is 491 g/mol. The summed E-state index contributed by atoms with van der Waals surface area (Å²) in [7, 11) is 0. The van der Waals surface area contributed by atoms with Crippen LogP contribution < -0.4 is 5.48 Å². The molecule has 0 aliphatic heterocycles. The van der Waals surface area contributed by atoms with Crippen molar-refractivity contribution in [2.45, 2.75) is 31.8 Å². The SMILES string of the molecule is O=C(/C=C/c1ccc2c(c1)CCC2N(CCc1c[nH]c2ccccc12)Cc1ccc2[nH]ccc2c1)NO. The van der Waals surface area contributed by atoms with Gasteiger partial charge in [-0.05, 0) is 82.8 Å². The van der Waals surface area contributed by atoms with Crippen LogP contribution in [0.2, 0.25) is 0 Å². The maximum atomic E-state index is 11.4. The van der Waals surface area contributed by atoms with Crippen molar-refractivity contribution in [1.82, 2.24) is 20.3 Å². The normalized spacial score (nSPS) is 15.2. The van der Waals surface area contributed by atoms with E-state index in [1.807, 2.05) is 6.20 Å². The van der Waals surface area contributed by atoms with E-state index in [-0.39, 0.29) is 0 Å². The first-order chi connectivity index (χ1) is 18.2. The second kappa shape index (κ2) is 10.1. The van der Waals surface area contributed by atoms with Gasteiger partial charge in [0.15, 0.2) is 0 Å². The van der Waals surface area contributed by atoms with Gasteiger partial charge in [0.05, 0.1) is 0 Å². The van der Waals surface area contributed by atoms with Crippen LogP contribution in [0.4, 0.5) is 0 Å². The minimum atomic E-state index is -0.527. The third-order valence-electron chi connectivity index (χ3n) is 7.54. The molecule has 1 amide bonds. The molecule has 1 aliphatic rings. The number of carbonyl (C=O) groups is 1. The number of nitrogens with one attached hydrogen (secondary N) is 3. The lowest BCUT2D eigenvalue weighted by molar-refractivity contribution is -0.124. The number of benzene rings is 3. The van der Waals surface area contributed by atoms with E-state index >= 15 is 0 Å². The summed E-state index contributed by atoms with van der Waals surface area (Å²) in [5.74, 6) is -0.527. The van der Waals surface area contributed by atoms with Gasteiger partial charge < -0.3 is 9.97 Å². The molecule has 6 nitrogen and oxygen atoms in total. The predicted octanol–water partition coefficient (Wildman–Crippen LogP) is 5.90. The Morgan fingerprint density at radius 3 is 2.89 bits per heavy atom. The molecule has 186 valence electrons. The van der Waals surface area contributed by atoms with E-state index in [0.717, 1.165) is 43.4 Å². The van der Waals surface area contributed by atoms with Crippen molar-refractivity contribution < 1.29 is 10.0 Å². The number of amides is 1. The third-order valence-corrected chi connectivity index (χ3v) is 7.54. The Balaban J connectivity index is 1.28. The van der Waals surface area contributed by atoms with E-state index in [1.54, 1.807) is 11.6 Å². The summed E-state index contributed by atoms with van der Waals surface area (Å²) in [6.45, 7) is 1.83. The van der Waals surface area contributed by atoms with E-state index in [4.69, 9.17) is 5.21 Å². The molecule has 0 radical (unpaired) electrons. The number of aryl methyl sites for hydroxylation is 1. The van der Waals surface area contributed by atoms with Crippen LogP contribution >= 0.6 is 0 Å². The minimum Gasteiger partial charge on any atom is -0.361 e. The Morgan fingerprint density at radius 2 is 1.97 bits per heavy atom. The zero-order valence-electron chi connectivity index (χ0n) is 20.6. The van der Waals surface area contributed by atoms with E-state index in [2.05, 4.69) is 87.8 Å². The third kappa shape index (κ3) is 4.81. The molecule has 2 aromatic heterocycles. The molecular formula is C31H30N4O2.